The Labute approximate surface area is 151 Å². The van der Waals surface area contributed by atoms with E-state index in [-0.39, 0.29) is 11.6 Å². The van der Waals surface area contributed by atoms with Crippen LogP contribution in [0.4, 0.5) is 17.3 Å². The minimum Gasteiger partial charge on any atom is -0.323 e. The van der Waals surface area contributed by atoms with E-state index < -0.39 is 0 Å². The average molecular weight is 353 g/mol. The molecule has 126 valence electrons. The van der Waals surface area contributed by atoms with Gasteiger partial charge in [0.25, 0.3) is 5.91 Å². The lowest BCUT2D eigenvalue weighted by molar-refractivity contribution is 0.102. The Morgan fingerprint density at radius 3 is 2.56 bits per heavy atom. The molecule has 0 saturated carbocycles. The summed E-state index contributed by atoms with van der Waals surface area (Å²) in [5.74, 6) is 0.0139. The summed E-state index contributed by atoms with van der Waals surface area (Å²) in [4.78, 5) is 20.9. The molecular formula is C19H17ClN4O. The monoisotopic (exact) mass is 352 g/mol. The molecule has 0 unspecified atom stereocenters. The van der Waals surface area contributed by atoms with Crippen molar-refractivity contribution < 1.29 is 4.79 Å². The quantitative estimate of drug-likeness (QED) is 0.711. The van der Waals surface area contributed by atoms with E-state index in [4.69, 9.17) is 11.6 Å². The first-order valence-electron chi connectivity index (χ1n) is 7.77. The van der Waals surface area contributed by atoms with Gasteiger partial charge in [0, 0.05) is 11.9 Å². The minimum absolute atomic E-state index is 0.269. The first-order valence-corrected chi connectivity index (χ1v) is 8.14. The van der Waals surface area contributed by atoms with E-state index in [0.717, 1.165) is 16.8 Å². The van der Waals surface area contributed by atoms with Crippen LogP contribution in [0.15, 0.2) is 54.7 Å². The van der Waals surface area contributed by atoms with Crippen LogP contribution >= 0.6 is 11.6 Å². The van der Waals surface area contributed by atoms with E-state index in [9.17, 15) is 4.79 Å². The number of carbonyl (C=O) groups is 1. The van der Waals surface area contributed by atoms with Crippen LogP contribution in [-0.2, 0) is 0 Å². The number of aryl methyl sites for hydroxylation is 1. The van der Waals surface area contributed by atoms with E-state index in [1.807, 2.05) is 50.2 Å². The number of aromatic nitrogens is 2. The fourth-order valence-electron chi connectivity index (χ4n) is 2.30. The molecule has 1 heterocycles. The SMILES string of the molecule is Cc1cccc(NC(=O)c2ccnc(Nc3ccccc3Cl)n2)c1C. The number of carbonyl (C=O) groups excluding carboxylic acids is 1. The van der Waals surface area contributed by atoms with Gasteiger partial charge in [-0.25, -0.2) is 9.97 Å². The van der Waals surface area contributed by atoms with Crippen molar-refractivity contribution in [2.45, 2.75) is 13.8 Å². The third-order valence-electron chi connectivity index (χ3n) is 3.86. The van der Waals surface area contributed by atoms with Crippen LogP contribution in [0.1, 0.15) is 21.6 Å². The van der Waals surface area contributed by atoms with Crippen molar-refractivity contribution in [3.63, 3.8) is 0 Å². The number of nitrogens with zero attached hydrogens (tertiary/aromatic N) is 2. The summed E-state index contributed by atoms with van der Waals surface area (Å²) in [5.41, 5.74) is 3.85. The second-order valence-electron chi connectivity index (χ2n) is 5.57. The number of para-hydroxylation sites is 1. The zero-order valence-electron chi connectivity index (χ0n) is 13.9. The summed E-state index contributed by atoms with van der Waals surface area (Å²) >= 11 is 6.12. The molecule has 2 N–H and O–H groups in total. The zero-order valence-corrected chi connectivity index (χ0v) is 14.6. The van der Waals surface area contributed by atoms with Gasteiger partial charge in [-0.1, -0.05) is 35.9 Å². The Kier molecular flexibility index (Phi) is 4.95. The molecule has 0 aliphatic carbocycles. The van der Waals surface area contributed by atoms with Crippen molar-refractivity contribution in [3.8, 4) is 0 Å². The zero-order chi connectivity index (χ0) is 17.8. The smallest absolute Gasteiger partial charge is 0.274 e. The fourth-order valence-corrected chi connectivity index (χ4v) is 2.48. The number of halogens is 1. The lowest BCUT2D eigenvalue weighted by Crippen LogP contribution is -2.15. The van der Waals surface area contributed by atoms with Gasteiger partial charge >= 0.3 is 0 Å². The van der Waals surface area contributed by atoms with Crippen molar-refractivity contribution in [3.05, 3.63) is 76.6 Å². The first kappa shape index (κ1) is 16.9. The predicted molar refractivity (Wildman–Crippen MR) is 101 cm³/mol. The highest BCUT2D eigenvalue weighted by molar-refractivity contribution is 6.33. The van der Waals surface area contributed by atoms with Gasteiger partial charge in [-0.15, -0.1) is 0 Å². The van der Waals surface area contributed by atoms with Gasteiger partial charge in [0.05, 0.1) is 10.7 Å². The van der Waals surface area contributed by atoms with Crippen LogP contribution in [0.5, 0.6) is 0 Å². The van der Waals surface area contributed by atoms with Crippen LogP contribution in [0, 0.1) is 13.8 Å². The summed E-state index contributed by atoms with van der Waals surface area (Å²) < 4.78 is 0. The maximum atomic E-state index is 12.5. The Bertz CT molecular complexity index is 927. The topological polar surface area (TPSA) is 66.9 Å². The predicted octanol–water partition coefficient (Wildman–Crippen LogP) is 4.74. The summed E-state index contributed by atoms with van der Waals surface area (Å²) in [7, 11) is 0. The van der Waals surface area contributed by atoms with Crippen molar-refractivity contribution >= 4 is 34.8 Å². The van der Waals surface area contributed by atoms with Gasteiger partial charge in [-0.05, 0) is 49.2 Å². The van der Waals surface area contributed by atoms with Gasteiger partial charge in [-0.2, -0.15) is 0 Å². The van der Waals surface area contributed by atoms with Crippen molar-refractivity contribution in [1.29, 1.82) is 0 Å². The average Bonchev–Trinajstić information content (AvgIpc) is 2.61. The molecule has 3 rings (SSSR count). The highest BCUT2D eigenvalue weighted by Crippen LogP contribution is 2.23. The van der Waals surface area contributed by atoms with E-state index in [1.165, 1.54) is 6.20 Å². The molecule has 0 saturated heterocycles. The normalized spacial score (nSPS) is 10.4. The first-order chi connectivity index (χ1) is 12.0. The second kappa shape index (κ2) is 7.32. The van der Waals surface area contributed by atoms with Gasteiger partial charge < -0.3 is 10.6 Å². The van der Waals surface area contributed by atoms with Crippen molar-refractivity contribution in [2.24, 2.45) is 0 Å². The van der Waals surface area contributed by atoms with Crippen molar-refractivity contribution in [2.75, 3.05) is 10.6 Å². The third-order valence-corrected chi connectivity index (χ3v) is 4.19. The summed E-state index contributed by atoms with van der Waals surface area (Å²) in [6.45, 7) is 3.97. The molecule has 0 radical (unpaired) electrons. The van der Waals surface area contributed by atoms with Crippen molar-refractivity contribution in [1.82, 2.24) is 9.97 Å². The van der Waals surface area contributed by atoms with E-state index >= 15 is 0 Å². The minimum atomic E-state index is -0.293. The number of anilines is 3. The Balaban J connectivity index is 1.80. The van der Waals surface area contributed by atoms with Gasteiger partial charge in [0.15, 0.2) is 0 Å². The molecular weight excluding hydrogens is 336 g/mol. The van der Waals surface area contributed by atoms with Gasteiger partial charge in [0.1, 0.15) is 5.69 Å². The number of rotatable bonds is 4. The molecule has 5 nitrogen and oxygen atoms in total. The standard InChI is InChI=1S/C19H17ClN4O/c1-12-6-5-9-15(13(12)2)22-18(25)17-10-11-21-19(24-17)23-16-8-4-3-7-14(16)20/h3-11H,1-2H3,(H,22,25)(H,21,23,24). The van der Waals surface area contributed by atoms with E-state index in [0.29, 0.717) is 16.7 Å². The molecule has 0 atom stereocenters. The number of hydrogen-bond acceptors (Lipinski definition) is 4. The Morgan fingerprint density at radius 1 is 1.00 bits per heavy atom. The van der Waals surface area contributed by atoms with E-state index in [1.54, 1.807) is 12.1 Å². The Morgan fingerprint density at radius 2 is 1.76 bits per heavy atom. The van der Waals surface area contributed by atoms with Crippen LogP contribution in [0.2, 0.25) is 5.02 Å². The van der Waals surface area contributed by atoms with Crippen LogP contribution < -0.4 is 10.6 Å². The summed E-state index contributed by atoms with van der Waals surface area (Å²) in [6.07, 6.45) is 1.53. The maximum Gasteiger partial charge on any atom is 0.274 e. The molecule has 0 spiro atoms. The number of hydrogen-bond donors (Lipinski definition) is 2. The number of amides is 1. The van der Waals surface area contributed by atoms with Crippen LogP contribution in [0.25, 0.3) is 0 Å². The molecule has 0 aliphatic heterocycles. The molecule has 1 amide bonds. The third kappa shape index (κ3) is 3.95. The molecule has 25 heavy (non-hydrogen) atoms. The molecule has 3 aromatic rings. The largest absolute Gasteiger partial charge is 0.323 e. The second-order valence-corrected chi connectivity index (χ2v) is 5.98. The lowest BCUT2D eigenvalue weighted by Gasteiger charge is -2.11. The summed E-state index contributed by atoms with van der Waals surface area (Å²) in [5, 5.41) is 6.46. The molecule has 0 fully saturated rings. The molecule has 0 aliphatic rings. The molecule has 0 bridgehead atoms. The molecule has 1 aromatic heterocycles. The van der Waals surface area contributed by atoms with Crippen LogP contribution in [-0.4, -0.2) is 15.9 Å². The highest BCUT2D eigenvalue weighted by atomic mass is 35.5. The Hall–Kier alpha value is -2.92. The number of benzene rings is 2. The van der Waals surface area contributed by atoms with Crippen LogP contribution in [0.3, 0.4) is 0 Å². The van der Waals surface area contributed by atoms with Gasteiger partial charge in [-0.3, -0.25) is 4.79 Å². The molecule has 2 aromatic carbocycles. The summed E-state index contributed by atoms with van der Waals surface area (Å²) in [6, 6.07) is 14.6. The highest BCUT2D eigenvalue weighted by Gasteiger charge is 2.11. The van der Waals surface area contributed by atoms with E-state index in [2.05, 4.69) is 20.6 Å². The van der Waals surface area contributed by atoms with Gasteiger partial charge in [0.2, 0.25) is 5.95 Å². The number of nitrogens with one attached hydrogen (secondary N) is 2. The lowest BCUT2D eigenvalue weighted by atomic mass is 10.1. The fraction of sp³-hybridized carbons (Fsp3) is 0.105. The maximum absolute atomic E-state index is 12.5. The molecule has 6 heteroatoms.